The van der Waals surface area contributed by atoms with Crippen LogP contribution in [0.4, 0.5) is 5.69 Å². The molecule has 160 valence electrons. The number of carbonyl (C=O) groups excluding carboxylic acids is 2. The average molecular weight is 449 g/mol. The van der Waals surface area contributed by atoms with E-state index in [1.54, 1.807) is 18.2 Å². The summed E-state index contributed by atoms with van der Waals surface area (Å²) in [6.07, 6.45) is 0. The molecule has 8 heteroatoms. The van der Waals surface area contributed by atoms with Crippen LogP contribution in [0.2, 0.25) is 10.0 Å². The zero-order valence-corrected chi connectivity index (χ0v) is 18.5. The van der Waals surface area contributed by atoms with Crippen LogP contribution in [-0.4, -0.2) is 60.9 Å². The van der Waals surface area contributed by atoms with Gasteiger partial charge in [0, 0.05) is 48.5 Å². The maximum Gasteiger partial charge on any atom is 0.243 e. The first-order valence-electron chi connectivity index (χ1n) is 9.91. The van der Waals surface area contributed by atoms with Crippen LogP contribution >= 0.6 is 23.2 Å². The molecule has 1 aliphatic rings. The number of benzene rings is 2. The van der Waals surface area contributed by atoms with E-state index in [4.69, 9.17) is 23.2 Å². The Morgan fingerprint density at radius 1 is 0.967 bits per heavy atom. The van der Waals surface area contributed by atoms with Crippen molar-refractivity contribution in [2.45, 2.75) is 13.5 Å². The smallest absolute Gasteiger partial charge is 0.243 e. The lowest BCUT2D eigenvalue weighted by molar-refractivity contribution is -0.125. The fourth-order valence-corrected chi connectivity index (χ4v) is 3.76. The summed E-state index contributed by atoms with van der Waals surface area (Å²) >= 11 is 12.1. The van der Waals surface area contributed by atoms with Gasteiger partial charge in [-0.2, -0.15) is 0 Å². The van der Waals surface area contributed by atoms with Gasteiger partial charge in [-0.1, -0.05) is 41.4 Å². The second-order valence-electron chi connectivity index (χ2n) is 7.42. The molecule has 2 N–H and O–H groups in total. The van der Waals surface area contributed by atoms with Gasteiger partial charge in [-0.15, -0.1) is 0 Å². The van der Waals surface area contributed by atoms with E-state index < -0.39 is 0 Å². The second kappa shape index (κ2) is 10.8. The van der Waals surface area contributed by atoms with Gasteiger partial charge in [-0.05, 0) is 42.3 Å². The highest BCUT2D eigenvalue weighted by Gasteiger charge is 2.19. The van der Waals surface area contributed by atoms with Crippen molar-refractivity contribution in [1.29, 1.82) is 0 Å². The van der Waals surface area contributed by atoms with Gasteiger partial charge in [0.25, 0.3) is 0 Å². The lowest BCUT2D eigenvalue weighted by Crippen LogP contribution is -2.49. The zero-order chi connectivity index (χ0) is 21.5. The number of halogens is 2. The number of nitrogens with one attached hydrogen (secondary N) is 2. The minimum absolute atomic E-state index is 0.0699. The number of carbonyl (C=O) groups is 2. The molecule has 1 aliphatic heterocycles. The third-order valence-corrected chi connectivity index (χ3v) is 5.76. The molecule has 2 aromatic carbocycles. The maximum atomic E-state index is 12.2. The minimum atomic E-state index is -0.278. The van der Waals surface area contributed by atoms with Crippen molar-refractivity contribution in [3.63, 3.8) is 0 Å². The highest BCUT2D eigenvalue weighted by Crippen LogP contribution is 2.22. The van der Waals surface area contributed by atoms with Crippen LogP contribution in [0.3, 0.4) is 0 Å². The second-order valence-corrected chi connectivity index (χ2v) is 8.26. The third-order valence-electron chi connectivity index (χ3n) is 5.12. The van der Waals surface area contributed by atoms with Crippen LogP contribution in [0.5, 0.6) is 0 Å². The summed E-state index contributed by atoms with van der Waals surface area (Å²) in [5, 5.41) is 6.80. The molecule has 30 heavy (non-hydrogen) atoms. The van der Waals surface area contributed by atoms with Crippen LogP contribution in [-0.2, 0) is 16.1 Å². The number of rotatable bonds is 7. The monoisotopic (exact) mass is 448 g/mol. The summed E-state index contributed by atoms with van der Waals surface area (Å²) in [6, 6.07) is 13.2. The molecule has 0 spiro atoms. The molecule has 6 nitrogen and oxygen atoms in total. The molecule has 2 aromatic rings. The Labute approximate surface area is 187 Å². The molecular formula is C22H26Cl2N4O2. The molecule has 0 radical (unpaired) electrons. The van der Waals surface area contributed by atoms with Crippen molar-refractivity contribution < 1.29 is 9.59 Å². The summed E-state index contributed by atoms with van der Waals surface area (Å²) in [5.41, 5.74) is 2.64. The van der Waals surface area contributed by atoms with E-state index in [9.17, 15) is 9.59 Å². The SMILES string of the molecule is Cc1c(Cl)cccc1NC(=O)CNC(=O)CN1CCN(Cc2cccc(Cl)c2)CC1. The van der Waals surface area contributed by atoms with Crippen LogP contribution in [0.1, 0.15) is 11.1 Å². The van der Waals surface area contributed by atoms with Crippen molar-refractivity contribution >= 4 is 40.7 Å². The predicted molar refractivity (Wildman–Crippen MR) is 121 cm³/mol. The average Bonchev–Trinajstić information content (AvgIpc) is 2.71. The van der Waals surface area contributed by atoms with E-state index >= 15 is 0 Å². The summed E-state index contributed by atoms with van der Waals surface area (Å²) < 4.78 is 0. The largest absolute Gasteiger partial charge is 0.346 e. The summed E-state index contributed by atoms with van der Waals surface area (Å²) in [5.74, 6) is -0.434. The maximum absolute atomic E-state index is 12.2. The Morgan fingerprint density at radius 3 is 2.40 bits per heavy atom. The van der Waals surface area contributed by atoms with E-state index in [0.29, 0.717) is 10.7 Å². The van der Waals surface area contributed by atoms with E-state index in [0.717, 1.165) is 43.3 Å². The lowest BCUT2D eigenvalue weighted by atomic mass is 10.2. The van der Waals surface area contributed by atoms with Gasteiger partial charge in [0.15, 0.2) is 0 Å². The first kappa shape index (κ1) is 22.6. The van der Waals surface area contributed by atoms with E-state index in [2.05, 4.69) is 26.5 Å². The van der Waals surface area contributed by atoms with Crippen LogP contribution < -0.4 is 10.6 Å². The van der Waals surface area contributed by atoms with Gasteiger partial charge in [0.1, 0.15) is 0 Å². The van der Waals surface area contributed by atoms with Crippen molar-refractivity contribution in [2.75, 3.05) is 44.6 Å². The molecule has 0 atom stereocenters. The van der Waals surface area contributed by atoms with E-state index in [-0.39, 0.29) is 24.9 Å². The van der Waals surface area contributed by atoms with Crippen LogP contribution in [0.25, 0.3) is 0 Å². The molecule has 1 fully saturated rings. The highest BCUT2D eigenvalue weighted by atomic mass is 35.5. The first-order chi connectivity index (χ1) is 14.4. The highest BCUT2D eigenvalue weighted by molar-refractivity contribution is 6.31. The van der Waals surface area contributed by atoms with E-state index in [1.165, 1.54) is 5.56 Å². The summed E-state index contributed by atoms with van der Waals surface area (Å²) in [7, 11) is 0. The number of amides is 2. The molecule has 0 saturated carbocycles. The molecule has 1 saturated heterocycles. The molecule has 0 bridgehead atoms. The Kier molecular flexibility index (Phi) is 8.10. The molecular weight excluding hydrogens is 423 g/mol. The first-order valence-corrected chi connectivity index (χ1v) is 10.7. The molecule has 2 amide bonds. The number of anilines is 1. The van der Waals surface area contributed by atoms with Gasteiger partial charge in [-0.25, -0.2) is 0 Å². The van der Waals surface area contributed by atoms with Crippen molar-refractivity contribution in [3.8, 4) is 0 Å². The zero-order valence-electron chi connectivity index (χ0n) is 17.0. The van der Waals surface area contributed by atoms with Crippen molar-refractivity contribution in [1.82, 2.24) is 15.1 Å². The molecule has 0 aromatic heterocycles. The topological polar surface area (TPSA) is 64.7 Å². The Hall–Kier alpha value is -2.12. The van der Waals surface area contributed by atoms with Gasteiger partial charge in [0.05, 0.1) is 13.1 Å². The van der Waals surface area contributed by atoms with Gasteiger partial charge in [-0.3, -0.25) is 19.4 Å². The molecule has 1 heterocycles. The lowest BCUT2D eigenvalue weighted by Gasteiger charge is -2.34. The fourth-order valence-electron chi connectivity index (χ4n) is 3.37. The van der Waals surface area contributed by atoms with Crippen LogP contribution in [0.15, 0.2) is 42.5 Å². The molecule has 0 aliphatic carbocycles. The molecule has 3 rings (SSSR count). The predicted octanol–water partition coefficient (Wildman–Crippen LogP) is 3.17. The third kappa shape index (κ3) is 6.71. The Morgan fingerprint density at radius 2 is 1.67 bits per heavy atom. The van der Waals surface area contributed by atoms with E-state index in [1.807, 2.05) is 25.1 Å². The Bertz CT molecular complexity index is 898. The Balaban J connectivity index is 1.36. The normalized spacial score (nSPS) is 15.0. The minimum Gasteiger partial charge on any atom is -0.346 e. The van der Waals surface area contributed by atoms with Crippen molar-refractivity contribution in [3.05, 3.63) is 63.6 Å². The number of nitrogens with zero attached hydrogens (tertiary/aromatic N) is 2. The summed E-state index contributed by atoms with van der Waals surface area (Å²) in [4.78, 5) is 28.8. The van der Waals surface area contributed by atoms with Gasteiger partial charge >= 0.3 is 0 Å². The molecule has 0 unspecified atom stereocenters. The number of hydrogen-bond acceptors (Lipinski definition) is 4. The standard InChI is InChI=1S/C22H26Cl2N4O2/c1-16-19(24)6-3-7-20(16)26-21(29)13-25-22(30)15-28-10-8-27(9-11-28)14-17-4-2-5-18(23)12-17/h2-7,12H,8-11,13-15H2,1H3,(H,25,30)(H,26,29). The van der Waals surface area contributed by atoms with Gasteiger partial charge < -0.3 is 10.6 Å². The summed E-state index contributed by atoms with van der Waals surface area (Å²) in [6.45, 7) is 6.28. The van der Waals surface area contributed by atoms with Crippen LogP contribution in [0, 0.1) is 6.92 Å². The number of piperazine rings is 1. The quantitative estimate of drug-likeness (QED) is 0.682. The number of hydrogen-bond donors (Lipinski definition) is 2. The van der Waals surface area contributed by atoms with Gasteiger partial charge in [0.2, 0.25) is 11.8 Å². The van der Waals surface area contributed by atoms with Crippen molar-refractivity contribution in [2.24, 2.45) is 0 Å². The fraction of sp³-hybridized carbons (Fsp3) is 0.364.